The monoisotopic (exact) mass is 257 g/mol. The Labute approximate surface area is 108 Å². The molecule has 0 aromatic rings. The summed E-state index contributed by atoms with van der Waals surface area (Å²) >= 11 is 0. The zero-order valence-electron chi connectivity index (χ0n) is 10.8. The topological polar surface area (TPSA) is 84.7 Å². The summed E-state index contributed by atoms with van der Waals surface area (Å²) in [6.45, 7) is 3.82. The molecule has 0 bridgehead atoms. The van der Waals surface area contributed by atoms with Crippen molar-refractivity contribution in [3.8, 4) is 0 Å². The van der Waals surface area contributed by atoms with E-state index in [-0.39, 0.29) is 5.91 Å². The average molecular weight is 257 g/mol. The van der Waals surface area contributed by atoms with E-state index < -0.39 is 6.09 Å². The lowest BCUT2D eigenvalue weighted by Crippen LogP contribution is -2.46. The van der Waals surface area contributed by atoms with Gasteiger partial charge in [0, 0.05) is 32.6 Å². The summed E-state index contributed by atoms with van der Waals surface area (Å²) in [5.41, 5.74) is 4.84. The van der Waals surface area contributed by atoms with Gasteiger partial charge >= 0.3 is 6.09 Å². The van der Waals surface area contributed by atoms with Crippen LogP contribution in [0.15, 0.2) is 0 Å². The molecule has 0 radical (unpaired) electrons. The van der Waals surface area contributed by atoms with Crippen LogP contribution >= 0.6 is 0 Å². The van der Waals surface area contributed by atoms with Crippen molar-refractivity contribution in [1.29, 1.82) is 0 Å². The van der Waals surface area contributed by atoms with Gasteiger partial charge in [0.15, 0.2) is 0 Å². The van der Waals surface area contributed by atoms with Gasteiger partial charge in [-0.2, -0.15) is 0 Å². The molecule has 0 saturated carbocycles. The van der Waals surface area contributed by atoms with Crippen LogP contribution in [-0.4, -0.2) is 49.7 Å². The third kappa shape index (κ3) is 6.44. The number of amides is 2. The van der Waals surface area contributed by atoms with E-state index in [1.807, 2.05) is 4.90 Å². The highest BCUT2D eigenvalue weighted by atomic mass is 16.5. The zero-order chi connectivity index (χ0) is 13.2. The summed E-state index contributed by atoms with van der Waals surface area (Å²) in [7, 11) is 0. The number of rotatable bonds is 7. The van der Waals surface area contributed by atoms with Gasteiger partial charge in [-0.25, -0.2) is 4.79 Å². The number of nitrogens with two attached hydrogens (primary N) is 1. The first-order chi connectivity index (χ1) is 8.70. The highest BCUT2D eigenvalue weighted by molar-refractivity contribution is 5.76. The standard InChI is InChI=1S/C12H23N3O3/c13-12(17)18-10-4-2-1-3-5-11(16)15-8-6-14-7-9-15/h14H,1-10H2,(H2,13,17). The van der Waals surface area contributed by atoms with Gasteiger partial charge in [-0.1, -0.05) is 12.8 Å². The molecule has 2 amide bonds. The number of hydrogen-bond donors (Lipinski definition) is 2. The molecule has 6 heteroatoms. The SMILES string of the molecule is NC(=O)OCCCCCCC(=O)N1CCNCC1. The molecule has 0 aromatic carbocycles. The molecule has 0 aliphatic carbocycles. The van der Waals surface area contributed by atoms with E-state index >= 15 is 0 Å². The fourth-order valence-corrected chi connectivity index (χ4v) is 1.98. The summed E-state index contributed by atoms with van der Waals surface area (Å²) in [5.74, 6) is 0.255. The van der Waals surface area contributed by atoms with Crippen LogP contribution < -0.4 is 11.1 Å². The van der Waals surface area contributed by atoms with E-state index in [2.05, 4.69) is 10.1 Å². The first-order valence-electron chi connectivity index (χ1n) is 6.61. The Kier molecular flexibility index (Phi) is 7.17. The van der Waals surface area contributed by atoms with Crippen molar-refractivity contribution in [2.75, 3.05) is 32.8 Å². The molecular formula is C12H23N3O3. The van der Waals surface area contributed by atoms with Crippen LogP contribution in [0.2, 0.25) is 0 Å². The molecule has 0 atom stereocenters. The van der Waals surface area contributed by atoms with Crippen LogP contribution in [0.4, 0.5) is 4.79 Å². The third-order valence-electron chi connectivity index (χ3n) is 3.00. The Morgan fingerprint density at radius 3 is 2.44 bits per heavy atom. The Morgan fingerprint density at radius 1 is 1.11 bits per heavy atom. The first-order valence-corrected chi connectivity index (χ1v) is 6.61. The Morgan fingerprint density at radius 2 is 1.78 bits per heavy atom. The smallest absolute Gasteiger partial charge is 0.404 e. The largest absolute Gasteiger partial charge is 0.450 e. The maximum absolute atomic E-state index is 11.8. The molecule has 18 heavy (non-hydrogen) atoms. The number of nitrogens with one attached hydrogen (secondary N) is 1. The fraction of sp³-hybridized carbons (Fsp3) is 0.833. The van der Waals surface area contributed by atoms with Crippen molar-refractivity contribution in [3.63, 3.8) is 0 Å². The third-order valence-corrected chi connectivity index (χ3v) is 3.00. The number of primary amides is 1. The normalized spacial score (nSPS) is 15.4. The molecule has 1 heterocycles. The van der Waals surface area contributed by atoms with E-state index in [1.165, 1.54) is 0 Å². The van der Waals surface area contributed by atoms with Crippen molar-refractivity contribution >= 4 is 12.0 Å². The zero-order valence-corrected chi connectivity index (χ0v) is 10.8. The van der Waals surface area contributed by atoms with Gasteiger partial charge in [0.1, 0.15) is 0 Å². The van der Waals surface area contributed by atoms with E-state index in [0.717, 1.165) is 51.9 Å². The van der Waals surface area contributed by atoms with Crippen LogP contribution in [0.5, 0.6) is 0 Å². The Balaban J connectivity index is 1.93. The van der Waals surface area contributed by atoms with Gasteiger partial charge in [0.25, 0.3) is 0 Å². The summed E-state index contributed by atoms with van der Waals surface area (Å²) in [6, 6.07) is 0. The van der Waals surface area contributed by atoms with E-state index in [1.54, 1.807) is 0 Å². The van der Waals surface area contributed by atoms with E-state index in [9.17, 15) is 9.59 Å². The van der Waals surface area contributed by atoms with Crippen LogP contribution in [0.3, 0.4) is 0 Å². The second-order valence-electron chi connectivity index (χ2n) is 4.46. The molecule has 0 aromatic heterocycles. The number of piperazine rings is 1. The summed E-state index contributed by atoms with van der Waals surface area (Å²) in [6.07, 6.45) is 3.56. The van der Waals surface area contributed by atoms with Gasteiger partial charge in [-0.15, -0.1) is 0 Å². The molecular weight excluding hydrogens is 234 g/mol. The minimum Gasteiger partial charge on any atom is -0.450 e. The van der Waals surface area contributed by atoms with Crippen LogP contribution in [0.25, 0.3) is 0 Å². The van der Waals surface area contributed by atoms with Crippen LogP contribution in [0, 0.1) is 0 Å². The molecule has 1 rings (SSSR count). The molecule has 1 aliphatic heterocycles. The van der Waals surface area contributed by atoms with Crippen molar-refractivity contribution in [1.82, 2.24) is 10.2 Å². The van der Waals surface area contributed by atoms with Crippen LogP contribution in [-0.2, 0) is 9.53 Å². The summed E-state index contributed by atoms with van der Waals surface area (Å²) < 4.78 is 4.62. The predicted octanol–water partition coefficient (Wildman–Crippen LogP) is 0.464. The molecule has 6 nitrogen and oxygen atoms in total. The number of carbonyl (C=O) groups excluding carboxylic acids is 2. The van der Waals surface area contributed by atoms with Crippen molar-refractivity contribution in [3.05, 3.63) is 0 Å². The van der Waals surface area contributed by atoms with Gasteiger partial charge in [0.2, 0.25) is 5.91 Å². The number of unbranched alkanes of at least 4 members (excludes halogenated alkanes) is 3. The van der Waals surface area contributed by atoms with Crippen molar-refractivity contribution in [2.45, 2.75) is 32.1 Å². The Hall–Kier alpha value is -1.30. The van der Waals surface area contributed by atoms with Gasteiger partial charge < -0.3 is 20.7 Å². The lowest BCUT2D eigenvalue weighted by molar-refractivity contribution is -0.131. The average Bonchev–Trinajstić information content (AvgIpc) is 2.38. The number of hydrogen-bond acceptors (Lipinski definition) is 4. The van der Waals surface area contributed by atoms with Gasteiger partial charge in [0.05, 0.1) is 6.61 Å². The van der Waals surface area contributed by atoms with Gasteiger partial charge in [-0.3, -0.25) is 4.79 Å². The Bertz CT molecular complexity index is 265. The first kappa shape index (κ1) is 14.8. The molecule has 1 saturated heterocycles. The van der Waals surface area contributed by atoms with E-state index in [4.69, 9.17) is 5.73 Å². The predicted molar refractivity (Wildman–Crippen MR) is 68.1 cm³/mol. The van der Waals surface area contributed by atoms with Crippen LogP contribution in [0.1, 0.15) is 32.1 Å². The quantitative estimate of drug-likeness (QED) is 0.649. The highest BCUT2D eigenvalue weighted by Crippen LogP contribution is 2.06. The summed E-state index contributed by atoms with van der Waals surface area (Å²) in [5, 5.41) is 3.22. The molecule has 0 unspecified atom stereocenters. The fourth-order valence-electron chi connectivity index (χ4n) is 1.98. The second kappa shape index (κ2) is 8.74. The highest BCUT2D eigenvalue weighted by Gasteiger charge is 2.14. The molecule has 104 valence electrons. The molecule has 3 N–H and O–H groups in total. The molecule has 1 fully saturated rings. The maximum atomic E-state index is 11.8. The number of carbonyl (C=O) groups is 2. The van der Waals surface area contributed by atoms with Gasteiger partial charge in [-0.05, 0) is 12.8 Å². The van der Waals surface area contributed by atoms with Crippen molar-refractivity contribution < 1.29 is 14.3 Å². The molecule has 1 aliphatic rings. The minimum atomic E-state index is -0.719. The van der Waals surface area contributed by atoms with E-state index in [0.29, 0.717) is 13.0 Å². The number of ether oxygens (including phenoxy) is 1. The molecule has 0 spiro atoms. The summed E-state index contributed by atoms with van der Waals surface area (Å²) in [4.78, 5) is 24.0. The minimum absolute atomic E-state index is 0.255. The van der Waals surface area contributed by atoms with Crippen molar-refractivity contribution in [2.24, 2.45) is 5.73 Å². The number of nitrogens with zero attached hydrogens (tertiary/aromatic N) is 1. The second-order valence-corrected chi connectivity index (χ2v) is 4.46. The maximum Gasteiger partial charge on any atom is 0.404 e. The lowest BCUT2D eigenvalue weighted by Gasteiger charge is -2.27. The lowest BCUT2D eigenvalue weighted by atomic mass is 10.1.